The van der Waals surface area contributed by atoms with Crippen molar-refractivity contribution in [2.75, 3.05) is 7.11 Å². The number of hydrogen-bond acceptors (Lipinski definition) is 4. The van der Waals surface area contributed by atoms with Crippen molar-refractivity contribution in [3.05, 3.63) is 58.6 Å². The fourth-order valence-corrected chi connectivity index (χ4v) is 2.34. The molecule has 0 unspecified atom stereocenters. The monoisotopic (exact) mass is 355 g/mol. The Kier molecular flexibility index (Phi) is 6.62. The normalized spacial score (nSPS) is 10.9. The molecule has 0 radical (unpaired) electrons. The molecule has 0 saturated heterocycles. The van der Waals surface area contributed by atoms with E-state index in [1.807, 2.05) is 6.92 Å². The summed E-state index contributed by atoms with van der Waals surface area (Å²) in [6.45, 7) is 1.91. The summed E-state index contributed by atoms with van der Waals surface area (Å²) in [5.41, 5.74) is 2.03. The fourth-order valence-electron chi connectivity index (χ4n) is 2.21. The van der Waals surface area contributed by atoms with Crippen molar-refractivity contribution in [2.24, 2.45) is 0 Å². The SMILES string of the molecule is CCCC(=O)Oc1ccc(/C=C(/C#N)c2ccc(Cl)cc2)cc1OC. The average Bonchev–Trinajstić information content (AvgIpc) is 2.61. The van der Waals surface area contributed by atoms with Gasteiger partial charge in [0.05, 0.1) is 18.8 Å². The van der Waals surface area contributed by atoms with Gasteiger partial charge >= 0.3 is 5.97 Å². The highest BCUT2D eigenvalue weighted by atomic mass is 35.5. The van der Waals surface area contributed by atoms with Crippen molar-refractivity contribution < 1.29 is 14.3 Å². The van der Waals surface area contributed by atoms with Crippen LogP contribution in [0.1, 0.15) is 30.9 Å². The molecule has 2 rings (SSSR count). The Morgan fingerprint density at radius 1 is 1.20 bits per heavy atom. The number of nitriles is 1. The van der Waals surface area contributed by atoms with Crippen LogP contribution in [0.3, 0.4) is 0 Å². The van der Waals surface area contributed by atoms with E-state index in [1.54, 1.807) is 48.5 Å². The van der Waals surface area contributed by atoms with Gasteiger partial charge in [-0.3, -0.25) is 4.79 Å². The summed E-state index contributed by atoms with van der Waals surface area (Å²) in [6, 6.07) is 14.4. The van der Waals surface area contributed by atoms with Crippen molar-refractivity contribution in [2.45, 2.75) is 19.8 Å². The molecule has 0 fully saturated rings. The molecule has 0 atom stereocenters. The van der Waals surface area contributed by atoms with Gasteiger partial charge in [-0.2, -0.15) is 5.26 Å². The molecule has 2 aromatic carbocycles. The molecule has 0 N–H and O–H groups in total. The van der Waals surface area contributed by atoms with E-state index in [0.717, 1.165) is 11.1 Å². The van der Waals surface area contributed by atoms with E-state index < -0.39 is 0 Å². The van der Waals surface area contributed by atoms with Crippen molar-refractivity contribution in [3.8, 4) is 17.6 Å². The van der Waals surface area contributed by atoms with Crippen LogP contribution >= 0.6 is 11.6 Å². The molecule has 0 saturated carbocycles. The average molecular weight is 356 g/mol. The molecule has 0 bridgehead atoms. The van der Waals surface area contributed by atoms with Crippen molar-refractivity contribution in [3.63, 3.8) is 0 Å². The minimum Gasteiger partial charge on any atom is -0.493 e. The molecule has 128 valence electrons. The van der Waals surface area contributed by atoms with Gasteiger partial charge in [-0.15, -0.1) is 0 Å². The number of allylic oxidation sites excluding steroid dienone is 1. The van der Waals surface area contributed by atoms with Crippen LogP contribution in [0.4, 0.5) is 0 Å². The van der Waals surface area contributed by atoms with Gasteiger partial charge in [0.15, 0.2) is 11.5 Å². The molecule has 0 aromatic heterocycles. The summed E-state index contributed by atoms with van der Waals surface area (Å²) in [5, 5.41) is 10.0. The summed E-state index contributed by atoms with van der Waals surface area (Å²) >= 11 is 5.88. The smallest absolute Gasteiger partial charge is 0.311 e. The molecule has 4 nitrogen and oxygen atoms in total. The summed E-state index contributed by atoms with van der Waals surface area (Å²) in [5.74, 6) is 0.498. The number of ether oxygens (including phenoxy) is 2. The Bertz CT molecular complexity index is 820. The zero-order chi connectivity index (χ0) is 18.2. The number of esters is 1. The largest absolute Gasteiger partial charge is 0.493 e. The van der Waals surface area contributed by atoms with Crippen LogP contribution in [0.5, 0.6) is 11.5 Å². The van der Waals surface area contributed by atoms with Crippen LogP contribution < -0.4 is 9.47 Å². The lowest BCUT2D eigenvalue weighted by Crippen LogP contribution is -2.07. The minimum atomic E-state index is -0.303. The second-order valence-corrected chi connectivity index (χ2v) is 5.75. The lowest BCUT2D eigenvalue weighted by molar-refractivity contribution is -0.134. The quantitative estimate of drug-likeness (QED) is 0.312. The Morgan fingerprint density at radius 2 is 1.92 bits per heavy atom. The molecule has 0 aliphatic heterocycles. The minimum absolute atomic E-state index is 0.303. The number of nitrogens with zero attached hydrogens (tertiary/aromatic N) is 1. The lowest BCUT2D eigenvalue weighted by Gasteiger charge is -2.10. The maximum atomic E-state index is 11.7. The highest BCUT2D eigenvalue weighted by molar-refractivity contribution is 6.30. The van der Waals surface area contributed by atoms with E-state index in [2.05, 4.69) is 6.07 Å². The third-order valence-corrected chi connectivity index (χ3v) is 3.70. The van der Waals surface area contributed by atoms with Crippen LogP contribution in [0.25, 0.3) is 11.6 Å². The van der Waals surface area contributed by atoms with Gasteiger partial charge in [-0.05, 0) is 47.9 Å². The number of benzene rings is 2. The van der Waals surface area contributed by atoms with Gasteiger partial charge < -0.3 is 9.47 Å². The van der Waals surface area contributed by atoms with Gasteiger partial charge in [-0.1, -0.05) is 36.7 Å². The molecular weight excluding hydrogens is 338 g/mol. The molecular formula is C20H18ClNO3. The number of carbonyl (C=O) groups excluding carboxylic acids is 1. The summed E-state index contributed by atoms with van der Waals surface area (Å²) in [7, 11) is 1.50. The van der Waals surface area contributed by atoms with Crippen molar-refractivity contribution in [1.82, 2.24) is 0 Å². The van der Waals surface area contributed by atoms with Crippen LogP contribution in [-0.2, 0) is 4.79 Å². The van der Waals surface area contributed by atoms with Gasteiger partial charge in [0.2, 0.25) is 0 Å². The first kappa shape index (κ1) is 18.6. The van der Waals surface area contributed by atoms with E-state index in [4.69, 9.17) is 21.1 Å². The number of rotatable bonds is 6. The van der Waals surface area contributed by atoms with E-state index in [9.17, 15) is 10.1 Å². The molecule has 0 amide bonds. The zero-order valence-electron chi connectivity index (χ0n) is 14.1. The fraction of sp³-hybridized carbons (Fsp3) is 0.200. The van der Waals surface area contributed by atoms with Gasteiger partial charge in [0.1, 0.15) is 0 Å². The summed E-state index contributed by atoms with van der Waals surface area (Å²) in [6.07, 6.45) is 2.80. The van der Waals surface area contributed by atoms with E-state index in [1.165, 1.54) is 7.11 Å². The molecule has 0 aliphatic rings. The third kappa shape index (κ3) is 5.10. The number of halogens is 1. The Balaban J connectivity index is 2.31. The van der Waals surface area contributed by atoms with Crippen molar-refractivity contribution in [1.29, 1.82) is 5.26 Å². The van der Waals surface area contributed by atoms with E-state index in [0.29, 0.717) is 34.9 Å². The molecule has 25 heavy (non-hydrogen) atoms. The molecule has 0 aliphatic carbocycles. The number of hydrogen-bond donors (Lipinski definition) is 0. The highest BCUT2D eigenvalue weighted by Gasteiger charge is 2.10. The van der Waals surface area contributed by atoms with Crippen LogP contribution in [-0.4, -0.2) is 13.1 Å². The number of carbonyl (C=O) groups is 1. The number of methoxy groups -OCH3 is 1. The predicted octanol–water partition coefficient (Wildman–Crippen LogP) is 5.12. The Hall–Kier alpha value is -2.77. The lowest BCUT2D eigenvalue weighted by atomic mass is 10.0. The first-order valence-corrected chi connectivity index (χ1v) is 8.21. The van der Waals surface area contributed by atoms with Crippen molar-refractivity contribution >= 4 is 29.2 Å². The van der Waals surface area contributed by atoms with E-state index >= 15 is 0 Å². The molecule has 5 heteroatoms. The summed E-state index contributed by atoms with van der Waals surface area (Å²) < 4.78 is 10.6. The van der Waals surface area contributed by atoms with Crippen LogP contribution in [0.15, 0.2) is 42.5 Å². The molecule has 2 aromatic rings. The zero-order valence-corrected chi connectivity index (χ0v) is 14.8. The van der Waals surface area contributed by atoms with Gasteiger partial charge in [0.25, 0.3) is 0 Å². The standard InChI is InChI=1S/C20H18ClNO3/c1-3-4-20(23)25-18-10-5-14(12-19(18)24-2)11-16(13-22)15-6-8-17(21)9-7-15/h5-12H,3-4H2,1-2H3/b16-11-. The topological polar surface area (TPSA) is 59.3 Å². The molecule has 0 heterocycles. The first-order valence-electron chi connectivity index (χ1n) is 7.83. The van der Waals surface area contributed by atoms with Crippen LogP contribution in [0.2, 0.25) is 5.02 Å². The third-order valence-electron chi connectivity index (χ3n) is 3.45. The Labute approximate surface area is 152 Å². The van der Waals surface area contributed by atoms with Gasteiger partial charge in [0, 0.05) is 11.4 Å². The second-order valence-electron chi connectivity index (χ2n) is 5.31. The first-order chi connectivity index (χ1) is 12.1. The molecule has 0 spiro atoms. The second kappa shape index (κ2) is 8.91. The summed E-state index contributed by atoms with van der Waals surface area (Å²) in [4.78, 5) is 11.7. The maximum absolute atomic E-state index is 11.7. The Morgan fingerprint density at radius 3 is 2.52 bits per heavy atom. The van der Waals surface area contributed by atoms with E-state index in [-0.39, 0.29) is 5.97 Å². The highest BCUT2D eigenvalue weighted by Crippen LogP contribution is 2.30. The van der Waals surface area contributed by atoms with Gasteiger partial charge in [-0.25, -0.2) is 0 Å². The maximum Gasteiger partial charge on any atom is 0.311 e. The predicted molar refractivity (Wildman–Crippen MR) is 98.5 cm³/mol. The van der Waals surface area contributed by atoms with Crippen LogP contribution in [0, 0.1) is 11.3 Å².